The van der Waals surface area contributed by atoms with Gasteiger partial charge in [-0.1, -0.05) is 30.8 Å². The van der Waals surface area contributed by atoms with Crippen molar-refractivity contribution < 1.29 is 19.1 Å². The van der Waals surface area contributed by atoms with Crippen molar-refractivity contribution in [1.29, 1.82) is 0 Å². The molecule has 3 heterocycles. The summed E-state index contributed by atoms with van der Waals surface area (Å²) in [5.41, 5.74) is 4.78. The monoisotopic (exact) mass is 696 g/mol. The molecule has 0 radical (unpaired) electrons. The minimum atomic E-state index is -0.616. The van der Waals surface area contributed by atoms with Crippen LogP contribution in [0.1, 0.15) is 69.2 Å². The number of thioether (sulfide) groups is 1. The average molecular weight is 698 g/mol. The molecular weight excluding hydrogens is 656 g/mol. The molecule has 1 saturated heterocycles. The molecule has 3 aromatic rings. The van der Waals surface area contributed by atoms with E-state index < -0.39 is 6.04 Å². The fourth-order valence-corrected chi connectivity index (χ4v) is 6.84. The van der Waals surface area contributed by atoms with Crippen molar-refractivity contribution in [3.05, 3.63) is 62.8 Å². The number of benzene rings is 2. The minimum Gasteiger partial charge on any atom is -0.490 e. The number of rotatable bonds is 11. The number of fused-ring (bicyclic) bond motifs is 1. The van der Waals surface area contributed by atoms with Crippen LogP contribution in [0.2, 0.25) is 0 Å². The first-order valence-electron chi connectivity index (χ1n) is 15.5. The third-order valence-electron chi connectivity index (χ3n) is 8.06. The molecule has 0 saturated carbocycles. The number of hydrogen-bond acceptors (Lipinski definition) is 8. The molecular formula is C33H41BrN6O4S. The van der Waals surface area contributed by atoms with Gasteiger partial charge < -0.3 is 25.0 Å². The van der Waals surface area contributed by atoms with Crippen molar-refractivity contribution in [3.63, 3.8) is 0 Å². The summed E-state index contributed by atoms with van der Waals surface area (Å²) in [7, 11) is 0. The highest BCUT2D eigenvalue weighted by Gasteiger charge is 2.36. The van der Waals surface area contributed by atoms with Gasteiger partial charge in [0.2, 0.25) is 11.1 Å². The summed E-state index contributed by atoms with van der Waals surface area (Å²) >= 11 is 5.27. The van der Waals surface area contributed by atoms with Crippen LogP contribution in [0.4, 0.5) is 11.6 Å². The van der Waals surface area contributed by atoms with Gasteiger partial charge in [0.1, 0.15) is 6.04 Å². The van der Waals surface area contributed by atoms with Crippen molar-refractivity contribution in [2.45, 2.75) is 71.5 Å². The van der Waals surface area contributed by atoms with Crippen molar-refractivity contribution in [3.8, 4) is 11.5 Å². The SMILES string of the molecule is CCCSc1nc2n(n1)C(c1cc(Br)c(OCC(=O)N3CCCCC3)c(OCC)c1)C(C(=O)Nc1cccc(C)c1C)=C(C)N2. The number of likely N-dealkylation sites (tertiary alicyclic amines) is 1. The Hall–Kier alpha value is -3.51. The quantitative estimate of drug-likeness (QED) is 0.209. The molecule has 2 aromatic carbocycles. The van der Waals surface area contributed by atoms with Crippen LogP contribution in [-0.2, 0) is 9.59 Å². The van der Waals surface area contributed by atoms with E-state index in [1.807, 2.05) is 62.9 Å². The minimum absolute atomic E-state index is 0.0418. The highest BCUT2D eigenvalue weighted by molar-refractivity contribution is 9.10. The standard InChI is InChI=1S/C33H41BrN6O4S/c1-6-16-45-33-37-32-35-22(5)28(31(42)36-25-13-11-12-20(3)21(25)4)29(40(32)38-33)23-17-24(34)30(26(18-23)43-7-2)44-19-27(41)39-14-9-8-10-15-39/h11-13,17-18,29H,6-10,14-16,19H2,1-5H3,(H,36,42)(H,35,37,38). The van der Waals surface area contributed by atoms with Crippen LogP contribution in [0.25, 0.3) is 0 Å². The smallest absolute Gasteiger partial charge is 0.260 e. The normalized spacial score (nSPS) is 16.2. The molecule has 2 N–H and O–H groups in total. The summed E-state index contributed by atoms with van der Waals surface area (Å²) in [6.07, 6.45) is 4.16. The highest BCUT2D eigenvalue weighted by Crippen LogP contribution is 2.43. The van der Waals surface area contributed by atoms with Gasteiger partial charge in [0, 0.05) is 30.2 Å². The first-order valence-corrected chi connectivity index (χ1v) is 17.3. The summed E-state index contributed by atoms with van der Waals surface area (Å²) in [5, 5.41) is 11.9. The van der Waals surface area contributed by atoms with Gasteiger partial charge in [0.15, 0.2) is 18.1 Å². The molecule has 240 valence electrons. The van der Waals surface area contributed by atoms with Gasteiger partial charge >= 0.3 is 0 Å². The fourth-order valence-electron chi connectivity index (χ4n) is 5.58. The van der Waals surface area contributed by atoms with Gasteiger partial charge in [-0.3, -0.25) is 9.59 Å². The average Bonchev–Trinajstić information content (AvgIpc) is 3.43. The Morgan fingerprint density at radius 1 is 1.11 bits per heavy atom. The second kappa shape index (κ2) is 14.7. The van der Waals surface area contributed by atoms with Gasteiger partial charge in [0.05, 0.1) is 16.7 Å². The molecule has 2 aliphatic heterocycles. The Morgan fingerprint density at radius 3 is 2.62 bits per heavy atom. The zero-order chi connectivity index (χ0) is 32.1. The number of amides is 2. The molecule has 1 aromatic heterocycles. The maximum Gasteiger partial charge on any atom is 0.260 e. The number of carbonyl (C=O) groups excluding carboxylic acids is 2. The van der Waals surface area contributed by atoms with Crippen LogP contribution in [0.5, 0.6) is 11.5 Å². The summed E-state index contributed by atoms with van der Waals surface area (Å²) in [5.74, 6) is 2.06. The van der Waals surface area contributed by atoms with Gasteiger partial charge in [-0.2, -0.15) is 4.98 Å². The number of halogens is 1. The maximum absolute atomic E-state index is 14.1. The van der Waals surface area contributed by atoms with Crippen molar-refractivity contribution >= 4 is 51.1 Å². The second-order valence-electron chi connectivity index (χ2n) is 11.3. The number of nitrogens with zero attached hydrogens (tertiary/aromatic N) is 4. The van der Waals surface area contributed by atoms with E-state index in [4.69, 9.17) is 19.6 Å². The Kier molecular flexibility index (Phi) is 10.8. The summed E-state index contributed by atoms with van der Waals surface area (Å²) in [4.78, 5) is 33.6. The van der Waals surface area contributed by atoms with Crippen molar-refractivity contribution in [2.24, 2.45) is 0 Å². The first kappa shape index (κ1) is 32.9. The van der Waals surface area contributed by atoms with E-state index in [1.54, 1.807) is 16.4 Å². The lowest BCUT2D eigenvalue weighted by Gasteiger charge is -2.30. The van der Waals surface area contributed by atoms with Crippen LogP contribution in [0.3, 0.4) is 0 Å². The summed E-state index contributed by atoms with van der Waals surface area (Å²) < 4.78 is 14.5. The third kappa shape index (κ3) is 7.33. The molecule has 1 unspecified atom stereocenters. The van der Waals surface area contributed by atoms with E-state index in [2.05, 4.69) is 33.5 Å². The van der Waals surface area contributed by atoms with E-state index >= 15 is 0 Å². The first-order chi connectivity index (χ1) is 21.7. The number of piperidine rings is 1. The predicted molar refractivity (Wildman–Crippen MR) is 181 cm³/mol. The van der Waals surface area contributed by atoms with E-state index in [1.165, 1.54) is 0 Å². The van der Waals surface area contributed by atoms with Gasteiger partial charge in [0.25, 0.3) is 11.8 Å². The maximum atomic E-state index is 14.1. The number of carbonyl (C=O) groups is 2. The molecule has 0 aliphatic carbocycles. The number of aryl methyl sites for hydroxylation is 1. The molecule has 0 spiro atoms. The van der Waals surface area contributed by atoms with Crippen LogP contribution in [0.15, 0.2) is 51.2 Å². The fraction of sp³-hybridized carbons (Fsp3) is 0.455. The number of allylic oxidation sites excluding steroid dienone is 1. The van der Waals surface area contributed by atoms with Crippen molar-refractivity contribution in [1.82, 2.24) is 19.7 Å². The Balaban J connectivity index is 1.53. The Bertz CT molecular complexity index is 1600. The highest BCUT2D eigenvalue weighted by atomic mass is 79.9. The van der Waals surface area contributed by atoms with Crippen molar-refractivity contribution in [2.75, 3.05) is 42.7 Å². The number of anilines is 2. The van der Waals surface area contributed by atoms with E-state index in [-0.39, 0.29) is 18.4 Å². The largest absolute Gasteiger partial charge is 0.490 e. The van der Waals surface area contributed by atoms with Crippen LogP contribution < -0.4 is 20.1 Å². The number of nitrogens with one attached hydrogen (secondary N) is 2. The summed E-state index contributed by atoms with van der Waals surface area (Å²) in [6, 6.07) is 9.02. The zero-order valence-corrected chi connectivity index (χ0v) is 28.9. The van der Waals surface area contributed by atoms with Crippen LogP contribution in [-0.4, -0.2) is 63.5 Å². The number of ether oxygens (including phenoxy) is 2. The number of aromatic nitrogens is 3. The van der Waals surface area contributed by atoms with Gasteiger partial charge in [-0.25, -0.2) is 4.68 Å². The predicted octanol–water partition coefficient (Wildman–Crippen LogP) is 6.88. The number of hydrogen-bond donors (Lipinski definition) is 2. The second-order valence-corrected chi connectivity index (χ2v) is 13.2. The summed E-state index contributed by atoms with van der Waals surface area (Å²) in [6.45, 7) is 11.7. The van der Waals surface area contributed by atoms with Crippen LogP contribution >= 0.6 is 27.7 Å². The van der Waals surface area contributed by atoms with E-state index in [9.17, 15) is 9.59 Å². The van der Waals surface area contributed by atoms with Gasteiger partial charge in [-0.15, -0.1) is 5.10 Å². The van der Waals surface area contributed by atoms with E-state index in [0.717, 1.165) is 66.9 Å². The molecule has 0 bridgehead atoms. The molecule has 1 atom stereocenters. The molecule has 45 heavy (non-hydrogen) atoms. The lowest BCUT2D eigenvalue weighted by molar-refractivity contribution is -0.134. The molecule has 12 heteroatoms. The van der Waals surface area contributed by atoms with Gasteiger partial charge in [-0.05, 0) is 104 Å². The lowest BCUT2D eigenvalue weighted by atomic mass is 9.94. The molecule has 5 rings (SSSR count). The Labute approximate surface area is 277 Å². The Morgan fingerprint density at radius 2 is 1.89 bits per heavy atom. The van der Waals surface area contributed by atoms with E-state index in [0.29, 0.717) is 45.0 Å². The molecule has 10 nitrogen and oxygen atoms in total. The van der Waals surface area contributed by atoms with Crippen LogP contribution in [0, 0.1) is 13.8 Å². The topological polar surface area (TPSA) is 111 Å². The third-order valence-corrected chi connectivity index (χ3v) is 9.69. The molecule has 2 amide bonds. The molecule has 2 aliphatic rings. The lowest BCUT2D eigenvalue weighted by Crippen LogP contribution is -2.38. The molecule has 1 fully saturated rings. The zero-order valence-electron chi connectivity index (χ0n) is 26.5.